The Bertz CT molecular complexity index is 952. The molecular formula is C21H21N3O3S. The summed E-state index contributed by atoms with van der Waals surface area (Å²) in [5.41, 5.74) is 2.33. The first kappa shape index (κ1) is 19.6. The van der Waals surface area contributed by atoms with Crippen molar-refractivity contribution in [3.05, 3.63) is 59.7 Å². The van der Waals surface area contributed by atoms with E-state index in [1.165, 1.54) is 4.90 Å². The Hall–Kier alpha value is -3.19. The monoisotopic (exact) mass is 395 g/mol. The first-order valence-electron chi connectivity index (χ1n) is 8.82. The molecule has 0 unspecified atom stereocenters. The Morgan fingerprint density at radius 1 is 1.14 bits per heavy atom. The number of hydrogen-bond donors (Lipinski definition) is 1. The summed E-state index contributed by atoms with van der Waals surface area (Å²) in [6.07, 6.45) is 1.57. The van der Waals surface area contributed by atoms with E-state index in [0.717, 1.165) is 11.3 Å². The third-order valence-electron chi connectivity index (χ3n) is 4.21. The van der Waals surface area contributed by atoms with E-state index in [9.17, 15) is 9.59 Å². The summed E-state index contributed by atoms with van der Waals surface area (Å²) in [6.45, 7) is 2.39. The van der Waals surface area contributed by atoms with Crippen LogP contribution in [-0.2, 0) is 9.59 Å². The number of amides is 2. The van der Waals surface area contributed by atoms with Crippen LogP contribution < -0.4 is 19.9 Å². The van der Waals surface area contributed by atoms with E-state index < -0.39 is 11.8 Å². The van der Waals surface area contributed by atoms with Crippen molar-refractivity contribution in [2.45, 2.75) is 6.92 Å². The molecule has 1 aliphatic heterocycles. The molecular weight excluding hydrogens is 374 g/mol. The van der Waals surface area contributed by atoms with Gasteiger partial charge in [-0.1, -0.05) is 18.2 Å². The fourth-order valence-corrected chi connectivity index (χ4v) is 3.09. The zero-order chi connectivity index (χ0) is 20.3. The van der Waals surface area contributed by atoms with Gasteiger partial charge in [0.2, 0.25) is 0 Å². The van der Waals surface area contributed by atoms with Crippen LogP contribution in [0.5, 0.6) is 5.75 Å². The van der Waals surface area contributed by atoms with Crippen molar-refractivity contribution < 1.29 is 14.3 Å². The van der Waals surface area contributed by atoms with Crippen molar-refractivity contribution in [2.75, 3.05) is 30.5 Å². The first-order valence-corrected chi connectivity index (χ1v) is 9.23. The molecule has 6 nitrogen and oxygen atoms in total. The van der Waals surface area contributed by atoms with Gasteiger partial charge in [-0.3, -0.25) is 19.8 Å². The minimum Gasteiger partial charge on any atom is -0.494 e. The molecule has 0 aromatic heterocycles. The average molecular weight is 395 g/mol. The van der Waals surface area contributed by atoms with Crippen LogP contribution in [0.2, 0.25) is 0 Å². The molecule has 0 atom stereocenters. The van der Waals surface area contributed by atoms with E-state index in [2.05, 4.69) is 5.32 Å². The standard InChI is InChI=1S/C21H21N3O3S/c1-4-27-17-7-5-6-16(13-17)24-20(26)18(19(25)22-21(24)28)12-14-8-10-15(11-9-14)23(2)3/h5-13H,4H2,1-3H3,(H,22,25,28)/b18-12+. The Kier molecular flexibility index (Phi) is 5.75. The molecule has 0 radical (unpaired) electrons. The fourth-order valence-electron chi connectivity index (χ4n) is 2.81. The molecule has 1 N–H and O–H groups in total. The van der Waals surface area contributed by atoms with Crippen LogP contribution in [0.25, 0.3) is 6.08 Å². The van der Waals surface area contributed by atoms with Gasteiger partial charge >= 0.3 is 0 Å². The van der Waals surface area contributed by atoms with Gasteiger partial charge in [-0.25, -0.2) is 0 Å². The maximum Gasteiger partial charge on any atom is 0.270 e. The molecule has 1 fully saturated rings. The third-order valence-corrected chi connectivity index (χ3v) is 4.49. The second-order valence-corrected chi connectivity index (χ2v) is 6.76. The van der Waals surface area contributed by atoms with Crippen LogP contribution >= 0.6 is 12.2 Å². The number of carbonyl (C=O) groups is 2. The minimum atomic E-state index is -0.510. The van der Waals surface area contributed by atoms with Crippen molar-refractivity contribution in [1.29, 1.82) is 0 Å². The van der Waals surface area contributed by atoms with Crippen LogP contribution in [0.3, 0.4) is 0 Å². The smallest absolute Gasteiger partial charge is 0.270 e. The molecule has 144 valence electrons. The van der Waals surface area contributed by atoms with Crippen molar-refractivity contribution in [3.63, 3.8) is 0 Å². The molecule has 1 aliphatic rings. The molecule has 2 aromatic rings. The molecule has 7 heteroatoms. The summed E-state index contributed by atoms with van der Waals surface area (Å²) in [5.74, 6) is -0.361. The van der Waals surface area contributed by atoms with Crippen LogP contribution in [0.4, 0.5) is 11.4 Å². The van der Waals surface area contributed by atoms with Gasteiger partial charge in [-0.15, -0.1) is 0 Å². The zero-order valence-corrected chi connectivity index (χ0v) is 16.7. The number of anilines is 2. The highest BCUT2D eigenvalue weighted by atomic mass is 32.1. The topological polar surface area (TPSA) is 61.9 Å². The van der Waals surface area contributed by atoms with Crippen LogP contribution in [-0.4, -0.2) is 37.6 Å². The Morgan fingerprint density at radius 2 is 1.86 bits per heavy atom. The number of thiocarbonyl (C=S) groups is 1. The first-order chi connectivity index (χ1) is 13.4. The largest absolute Gasteiger partial charge is 0.494 e. The normalized spacial score (nSPS) is 15.6. The maximum atomic E-state index is 13.1. The molecule has 2 aromatic carbocycles. The third kappa shape index (κ3) is 4.04. The highest BCUT2D eigenvalue weighted by Crippen LogP contribution is 2.26. The predicted molar refractivity (Wildman–Crippen MR) is 115 cm³/mol. The van der Waals surface area contributed by atoms with Crippen molar-refractivity contribution in [2.24, 2.45) is 0 Å². The highest BCUT2D eigenvalue weighted by Gasteiger charge is 2.34. The summed E-state index contributed by atoms with van der Waals surface area (Å²) in [5, 5.41) is 2.64. The van der Waals surface area contributed by atoms with Gasteiger partial charge in [0.05, 0.1) is 12.3 Å². The van der Waals surface area contributed by atoms with Gasteiger partial charge in [0.25, 0.3) is 11.8 Å². The second-order valence-electron chi connectivity index (χ2n) is 6.37. The number of rotatable bonds is 5. The molecule has 1 heterocycles. The number of hydrogen-bond acceptors (Lipinski definition) is 5. The number of carbonyl (C=O) groups excluding carboxylic acids is 2. The van der Waals surface area contributed by atoms with Crippen molar-refractivity contribution in [1.82, 2.24) is 5.32 Å². The lowest BCUT2D eigenvalue weighted by atomic mass is 10.1. The van der Waals surface area contributed by atoms with Crippen LogP contribution in [0, 0.1) is 0 Å². The minimum absolute atomic E-state index is 0.0213. The van der Waals surface area contributed by atoms with E-state index in [0.29, 0.717) is 18.0 Å². The van der Waals surface area contributed by atoms with Crippen molar-refractivity contribution in [3.8, 4) is 5.75 Å². The number of benzene rings is 2. The molecule has 0 aliphatic carbocycles. The second kappa shape index (κ2) is 8.22. The number of nitrogens with one attached hydrogen (secondary N) is 1. The van der Waals surface area contributed by atoms with Gasteiger partial charge in [0, 0.05) is 25.8 Å². The van der Waals surface area contributed by atoms with Gasteiger partial charge in [0.15, 0.2) is 5.11 Å². The van der Waals surface area contributed by atoms with Crippen LogP contribution in [0.15, 0.2) is 54.1 Å². The lowest BCUT2D eigenvalue weighted by Gasteiger charge is -2.29. The summed E-state index contributed by atoms with van der Waals surface area (Å²) in [4.78, 5) is 28.7. The quantitative estimate of drug-likeness (QED) is 0.479. The van der Waals surface area contributed by atoms with E-state index in [-0.39, 0.29) is 10.7 Å². The van der Waals surface area contributed by atoms with E-state index in [4.69, 9.17) is 17.0 Å². The maximum absolute atomic E-state index is 13.1. The Balaban J connectivity index is 1.94. The number of ether oxygens (including phenoxy) is 1. The molecule has 1 saturated heterocycles. The van der Waals surface area contributed by atoms with Crippen molar-refractivity contribution >= 4 is 46.6 Å². The molecule has 0 bridgehead atoms. The summed E-state index contributed by atoms with van der Waals surface area (Å²) in [6, 6.07) is 14.6. The predicted octanol–water partition coefficient (Wildman–Crippen LogP) is 2.98. The summed E-state index contributed by atoms with van der Waals surface area (Å²) < 4.78 is 5.49. The zero-order valence-electron chi connectivity index (χ0n) is 15.9. The summed E-state index contributed by atoms with van der Waals surface area (Å²) >= 11 is 5.23. The lowest BCUT2D eigenvalue weighted by molar-refractivity contribution is -0.122. The van der Waals surface area contributed by atoms with Gasteiger partial charge in [-0.05, 0) is 55.0 Å². The summed E-state index contributed by atoms with van der Waals surface area (Å²) in [7, 11) is 3.89. The van der Waals surface area contributed by atoms with E-state index >= 15 is 0 Å². The Labute approximate surface area is 169 Å². The SMILES string of the molecule is CCOc1cccc(N2C(=O)/C(=C/c3ccc(N(C)C)cc3)C(=O)NC2=S)c1. The van der Waals surface area contributed by atoms with E-state index in [1.54, 1.807) is 30.3 Å². The average Bonchev–Trinajstić information content (AvgIpc) is 2.66. The Morgan fingerprint density at radius 3 is 2.50 bits per heavy atom. The van der Waals surface area contributed by atoms with Gasteiger partial charge in [-0.2, -0.15) is 0 Å². The van der Waals surface area contributed by atoms with Gasteiger partial charge in [0.1, 0.15) is 11.3 Å². The lowest BCUT2D eigenvalue weighted by Crippen LogP contribution is -2.54. The highest BCUT2D eigenvalue weighted by molar-refractivity contribution is 7.80. The fraction of sp³-hybridized carbons (Fsp3) is 0.190. The van der Waals surface area contributed by atoms with Gasteiger partial charge < -0.3 is 9.64 Å². The molecule has 2 amide bonds. The molecule has 0 saturated carbocycles. The number of nitrogens with zero attached hydrogens (tertiary/aromatic N) is 2. The van der Waals surface area contributed by atoms with Crippen LogP contribution in [0.1, 0.15) is 12.5 Å². The molecule has 3 rings (SSSR count). The van der Waals surface area contributed by atoms with E-state index in [1.807, 2.05) is 50.2 Å². The molecule has 0 spiro atoms. The molecule has 28 heavy (non-hydrogen) atoms.